The summed E-state index contributed by atoms with van der Waals surface area (Å²) in [6, 6.07) is 0. The zero-order chi connectivity index (χ0) is 10.7. The second-order valence-corrected chi connectivity index (χ2v) is 3.14. The van der Waals surface area contributed by atoms with Crippen molar-refractivity contribution in [2.24, 2.45) is 20.0 Å². The van der Waals surface area contributed by atoms with Crippen LogP contribution in [-0.2, 0) is 4.79 Å². The van der Waals surface area contributed by atoms with Crippen LogP contribution in [0.2, 0.25) is 0 Å². The molecule has 0 fully saturated rings. The molecule has 1 unspecified atom stereocenters. The maximum atomic E-state index is 10.3. The molecular weight excluding hydrogens is 198 g/mol. The molecule has 0 amide bonds. The van der Waals surface area contributed by atoms with E-state index in [4.69, 9.17) is 5.11 Å². The quantitative estimate of drug-likeness (QED) is 0.615. The average molecular weight is 207 g/mol. The lowest BCUT2D eigenvalue weighted by molar-refractivity contribution is -0.135. The van der Waals surface area contributed by atoms with Crippen LogP contribution in [0.5, 0.6) is 0 Å². The molecule has 78 valence electrons. The number of carboxylic acid groups (broad SMARTS) is 1. The summed E-state index contributed by atoms with van der Waals surface area (Å²) in [5.41, 5.74) is -0.718. The molecule has 2 N–H and O–H groups in total. The van der Waals surface area contributed by atoms with Crippen molar-refractivity contribution in [2.45, 2.75) is 5.54 Å². The van der Waals surface area contributed by atoms with E-state index in [1.807, 2.05) is 0 Å². The van der Waals surface area contributed by atoms with Gasteiger partial charge in [0.05, 0.1) is 6.54 Å². The maximum absolute atomic E-state index is 10.3. The maximum Gasteiger partial charge on any atom is 0.317 e. The van der Waals surface area contributed by atoms with E-state index in [2.05, 4.69) is 25.3 Å². The molecule has 7 heteroatoms. The van der Waals surface area contributed by atoms with E-state index in [1.165, 1.54) is 12.7 Å². The van der Waals surface area contributed by atoms with Gasteiger partial charge in [-0.2, -0.15) is 0 Å². The first-order valence-corrected chi connectivity index (χ1v) is 4.34. The van der Waals surface area contributed by atoms with E-state index in [-0.39, 0.29) is 6.54 Å². The van der Waals surface area contributed by atoms with Crippen molar-refractivity contribution in [1.29, 1.82) is 0 Å². The molecule has 0 aromatic rings. The molecule has 15 heavy (non-hydrogen) atoms. The highest BCUT2D eigenvalue weighted by atomic mass is 16.4. The number of nitrogens with zero attached hydrogens (tertiary/aromatic N) is 4. The van der Waals surface area contributed by atoms with Crippen LogP contribution in [0.15, 0.2) is 20.0 Å². The Morgan fingerprint density at radius 2 is 2.40 bits per heavy atom. The van der Waals surface area contributed by atoms with Crippen molar-refractivity contribution in [3.05, 3.63) is 0 Å². The van der Waals surface area contributed by atoms with Crippen LogP contribution in [0.3, 0.4) is 0 Å². The molecule has 2 rings (SSSR count). The summed E-state index contributed by atoms with van der Waals surface area (Å²) in [6.07, 6.45) is 4.41. The van der Waals surface area contributed by atoms with Gasteiger partial charge >= 0.3 is 5.97 Å². The van der Waals surface area contributed by atoms with Gasteiger partial charge in [0.25, 0.3) is 0 Å². The smallest absolute Gasteiger partial charge is 0.317 e. The third-order valence-corrected chi connectivity index (χ3v) is 2.06. The fraction of sp³-hybridized carbons (Fsp3) is 0.375. The van der Waals surface area contributed by atoms with E-state index in [0.29, 0.717) is 12.4 Å². The standard InChI is InChI=1S/C8H9N5O2/c14-6(15)1-9-2-8-3-10-4-11-7(8)12-5-13-8/h3-5,9H,1-2H2,(H,14,15). The highest BCUT2D eigenvalue weighted by Gasteiger charge is 2.37. The average Bonchev–Trinajstić information content (AvgIpc) is 2.60. The number of hydrogen-bond acceptors (Lipinski definition) is 6. The molecule has 0 bridgehead atoms. The number of amidine groups is 1. The Balaban J connectivity index is 2.03. The number of fused-ring (bicyclic) bond motifs is 1. The van der Waals surface area contributed by atoms with Gasteiger partial charge in [-0.05, 0) is 0 Å². The SMILES string of the molecule is O=C(O)CNCC12C=NC=NC1=NC=N2. The lowest BCUT2D eigenvalue weighted by Crippen LogP contribution is -2.47. The number of carboxylic acids is 1. The minimum Gasteiger partial charge on any atom is -0.480 e. The van der Waals surface area contributed by atoms with Crippen molar-refractivity contribution in [3.8, 4) is 0 Å². The molecule has 0 saturated heterocycles. The number of rotatable bonds is 4. The Hall–Kier alpha value is -1.89. The second-order valence-electron chi connectivity index (χ2n) is 3.14. The van der Waals surface area contributed by atoms with E-state index in [1.54, 1.807) is 6.21 Å². The predicted octanol–water partition coefficient (Wildman–Crippen LogP) is -1.05. The van der Waals surface area contributed by atoms with Crippen LogP contribution < -0.4 is 5.32 Å². The molecule has 0 aliphatic carbocycles. The molecule has 2 heterocycles. The van der Waals surface area contributed by atoms with Gasteiger partial charge in [-0.1, -0.05) is 0 Å². The third kappa shape index (κ3) is 1.82. The summed E-state index contributed by atoms with van der Waals surface area (Å²) >= 11 is 0. The first-order valence-electron chi connectivity index (χ1n) is 4.34. The lowest BCUT2D eigenvalue weighted by atomic mass is 10.0. The minimum atomic E-state index is -0.914. The fourth-order valence-corrected chi connectivity index (χ4v) is 1.37. The van der Waals surface area contributed by atoms with Gasteiger partial charge < -0.3 is 10.4 Å². The van der Waals surface area contributed by atoms with Crippen LogP contribution in [0.4, 0.5) is 0 Å². The Morgan fingerprint density at radius 3 is 3.20 bits per heavy atom. The Kier molecular flexibility index (Phi) is 2.38. The fourth-order valence-electron chi connectivity index (χ4n) is 1.37. The number of aliphatic carboxylic acids is 1. The topological polar surface area (TPSA) is 98.8 Å². The normalized spacial score (nSPS) is 26.5. The van der Waals surface area contributed by atoms with E-state index >= 15 is 0 Å². The first-order chi connectivity index (χ1) is 7.23. The number of aliphatic imine (C=N–C) groups is 4. The Morgan fingerprint density at radius 1 is 1.53 bits per heavy atom. The van der Waals surface area contributed by atoms with Crippen LogP contribution in [0, 0.1) is 0 Å². The monoisotopic (exact) mass is 207 g/mol. The van der Waals surface area contributed by atoms with Gasteiger partial charge in [0.2, 0.25) is 0 Å². The number of hydrogen-bond donors (Lipinski definition) is 2. The highest BCUT2D eigenvalue weighted by molar-refractivity contribution is 6.18. The molecule has 2 aliphatic heterocycles. The summed E-state index contributed by atoms with van der Waals surface area (Å²) < 4.78 is 0. The van der Waals surface area contributed by atoms with E-state index < -0.39 is 11.5 Å². The van der Waals surface area contributed by atoms with Crippen molar-refractivity contribution in [2.75, 3.05) is 13.1 Å². The van der Waals surface area contributed by atoms with Crippen molar-refractivity contribution in [3.63, 3.8) is 0 Å². The molecule has 1 atom stereocenters. The molecule has 0 radical (unpaired) electrons. The molecule has 7 nitrogen and oxygen atoms in total. The van der Waals surface area contributed by atoms with Crippen LogP contribution >= 0.6 is 0 Å². The summed E-state index contributed by atoms with van der Waals surface area (Å²) in [6.45, 7) is 0.206. The van der Waals surface area contributed by atoms with Crippen molar-refractivity contribution >= 4 is 30.7 Å². The zero-order valence-electron chi connectivity index (χ0n) is 7.79. The van der Waals surface area contributed by atoms with Gasteiger partial charge in [0.15, 0.2) is 11.4 Å². The third-order valence-electron chi connectivity index (χ3n) is 2.06. The summed E-state index contributed by atoms with van der Waals surface area (Å²) in [7, 11) is 0. The van der Waals surface area contributed by atoms with Gasteiger partial charge in [-0.25, -0.2) is 15.0 Å². The van der Waals surface area contributed by atoms with Gasteiger partial charge in [0, 0.05) is 12.8 Å². The molecular formula is C8H9N5O2. The van der Waals surface area contributed by atoms with Crippen LogP contribution in [0.1, 0.15) is 0 Å². The Labute approximate surface area is 85.4 Å². The predicted molar refractivity (Wildman–Crippen MR) is 56.1 cm³/mol. The van der Waals surface area contributed by atoms with E-state index in [0.717, 1.165) is 0 Å². The van der Waals surface area contributed by atoms with Crippen LogP contribution in [0.25, 0.3) is 0 Å². The molecule has 2 aliphatic rings. The zero-order valence-corrected chi connectivity index (χ0v) is 7.79. The first kappa shape index (κ1) is 9.66. The molecule has 0 saturated carbocycles. The Bertz CT molecular complexity index is 398. The minimum absolute atomic E-state index is 0.123. The summed E-state index contributed by atoms with van der Waals surface area (Å²) in [5.74, 6) is -0.376. The van der Waals surface area contributed by atoms with E-state index in [9.17, 15) is 4.79 Å². The molecule has 0 spiro atoms. The van der Waals surface area contributed by atoms with Crippen molar-refractivity contribution < 1.29 is 9.90 Å². The van der Waals surface area contributed by atoms with Crippen LogP contribution in [-0.4, -0.2) is 54.4 Å². The van der Waals surface area contributed by atoms with Gasteiger partial charge in [0.1, 0.15) is 12.7 Å². The highest BCUT2D eigenvalue weighted by Crippen LogP contribution is 2.17. The molecule has 0 aromatic heterocycles. The number of carbonyl (C=O) groups is 1. The lowest BCUT2D eigenvalue weighted by Gasteiger charge is -2.22. The summed E-state index contributed by atoms with van der Waals surface area (Å²) in [5, 5.41) is 11.2. The molecule has 0 aromatic carbocycles. The van der Waals surface area contributed by atoms with Crippen molar-refractivity contribution in [1.82, 2.24) is 5.32 Å². The summed E-state index contributed by atoms with van der Waals surface area (Å²) in [4.78, 5) is 26.3. The van der Waals surface area contributed by atoms with Gasteiger partial charge in [-0.3, -0.25) is 9.79 Å². The van der Waals surface area contributed by atoms with Gasteiger partial charge in [-0.15, -0.1) is 0 Å². The second kappa shape index (κ2) is 3.70. The largest absolute Gasteiger partial charge is 0.480 e. The number of nitrogens with one attached hydrogen (secondary N) is 1.